The molecule has 0 unspecified atom stereocenters. The molecule has 3 N–H and O–H groups in total. The molecule has 0 atom stereocenters. The van der Waals surface area contributed by atoms with Crippen molar-refractivity contribution in [3.8, 4) is 0 Å². The van der Waals surface area contributed by atoms with Crippen LogP contribution in [-0.2, 0) is 0 Å². The molecule has 2 rings (SSSR count). The van der Waals surface area contributed by atoms with Gasteiger partial charge >= 0.3 is 0 Å². The molecule has 1 aliphatic heterocycles. The summed E-state index contributed by atoms with van der Waals surface area (Å²) in [5.74, 6) is 1.11. The lowest BCUT2D eigenvalue weighted by Gasteiger charge is -2.17. The Morgan fingerprint density at radius 2 is 2.31 bits per heavy atom. The molecular formula is C8H15N5. The SMILES string of the molecule is CC1(C)CCN(c2n[nH]c(N)n2)C1. The Bertz CT molecular complexity index is 303. The Morgan fingerprint density at radius 1 is 1.54 bits per heavy atom. The molecule has 1 aliphatic rings. The van der Waals surface area contributed by atoms with Gasteiger partial charge in [0.05, 0.1) is 0 Å². The topological polar surface area (TPSA) is 70.8 Å². The number of nitrogens with one attached hydrogen (secondary N) is 1. The summed E-state index contributed by atoms with van der Waals surface area (Å²) in [5.41, 5.74) is 5.83. The molecule has 1 fully saturated rings. The lowest BCUT2D eigenvalue weighted by molar-refractivity contribution is 0.418. The van der Waals surface area contributed by atoms with Gasteiger partial charge in [-0.2, -0.15) is 4.98 Å². The van der Waals surface area contributed by atoms with Crippen LogP contribution < -0.4 is 10.6 Å². The molecule has 13 heavy (non-hydrogen) atoms. The van der Waals surface area contributed by atoms with Crippen molar-refractivity contribution in [2.75, 3.05) is 23.7 Å². The zero-order chi connectivity index (χ0) is 9.47. The summed E-state index contributed by atoms with van der Waals surface area (Å²) in [6, 6.07) is 0. The fourth-order valence-corrected chi connectivity index (χ4v) is 1.69. The van der Waals surface area contributed by atoms with Crippen molar-refractivity contribution in [2.24, 2.45) is 5.41 Å². The Balaban J connectivity index is 2.12. The molecule has 0 radical (unpaired) electrons. The highest BCUT2D eigenvalue weighted by Crippen LogP contribution is 2.30. The smallest absolute Gasteiger partial charge is 0.246 e. The second kappa shape index (κ2) is 2.61. The summed E-state index contributed by atoms with van der Waals surface area (Å²) >= 11 is 0. The minimum absolute atomic E-state index is 0.370. The van der Waals surface area contributed by atoms with Crippen molar-refractivity contribution in [3.63, 3.8) is 0 Å². The van der Waals surface area contributed by atoms with E-state index < -0.39 is 0 Å². The molecule has 0 aromatic carbocycles. The number of aromatic nitrogens is 3. The van der Waals surface area contributed by atoms with Crippen LogP contribution in [0.5, 0.6) is 0 Å². The highest BCUT2D eigenvalue weighted by molar-refractivity contribution is 5.35. The van der Waals surface area contributed by atoms with E-state index in [1.54, 1.807) is 0 Å². The van der Waals surface area contributed by atoms with E-state index in [1.165, 1.54) is 6.42 Å². The lowest BCUT2D eigenvalue weighted by Crippen LogP contribution is -2.23. The maximum Gasteiger partial charge on any atom is 0.246 e. The van der Waals surface area contributed by atoms with Crippen LogP contribution in [0, 0.1) is 5.41 Å². The second-order valence-electron chi connectivity index (χ2n) is 4.36. The molecule has 0 spiro atoms. The average Bonchev–Trinajstić information content (AvgIpc) is 2.56. The van der Waals surface area contributed by atoms with Crippen molar-refractivity contribution < 1.29 is 0 Å². The fourth-order valence-electron chi connectivity index (χ4n) is 1.69. The minimum Gasteiger partial charge on any atom is -0.368 e. The van der Waals surface area contributed by atoms with Gasteiger partial charge in [-0.1, -0.05) is 13.8 Å². The molecule has 1 saturated heterocycles. The number of hydrogen-bond donors (Lipinski definition) is 2. The van der Waals surface area contributed by atoms with Crippen LogP contribution in [0.3, 0.4) is 0 Å². The monoisotopic (exact) mass is 181 g/mol. The van der Waals surface area contributed by atoms with Gasteiger partial charge in [0.25, 0.3) is 0 Å². The first kappa shape index (κ1) is 8.34. The molecule has 1 aromatic rings. The molecule has 0 saturated carbocycles. The third-order valence-corrected chi connectivity index (χ3v) is 2.45. The van der Waals surface area contributed by atoms with E-state index in [9.17, 15) is 0 Å². The van der Waals surface area contributed by atoms with E-state index in [4.69, 9.17) is 5.73 Å². The van der Waals surface area contributed by atoms with Gasteiger partial charge in [0, 0.05) is 13.1 Å². The average molecular weight is 181 g/mol. The van der Waals surface area contributed by atoms with Crippen LogP contribution in [-0.4, -0.2) is 28.3 Å². The molecule has 0 aliphatic carbocycles. The van der Waals surface area contributed by atoms with Gasteiger partial charge in [-0.05, 0) is 11.8 Å². The summed E-state index contributed by atoms with van der Waals surface area (Å²) in [7, 11) is 0. The molecule has 5 heteroatoms. The number of aromatic amines is 1. The molecular weight excluding hydrogens is 166 g/mol. The third kappa shape index (κ3) is 1.59. The summed E-state index contributed by atoms with van der Waals surface area (Å²) in [4.78, 5) is 6.25. The van der Waals surface area contributed by atoms with Crippen molar-refractivity contribution in [1.29, 1.82) is 0 Å². The van der Waals surface area contributed by atoms with Crippen LogP contribution >= 0.6 is 0 Å². The largest absolute Gasteiger partial charge is 0.368 e. The van der Waals surface area contributed by atoms with Crippen LogP contribution in [0.1, 0.15) is 20.3 Å². The number of nitrogens with two attached hydrogens (primary N) is 1. The van der Waals surface area contributed by atoms with Crippen LogP contribution in [0.2, 0.25) is 0 Å². The van der Waals surface area contributed by atoms with E-state index in [2.05, 4.69) is 33.9 Å². The highest BCUT2D eigenvalue weighted by atomic mass is 15.4. The molecule has 2 heterocycles. The summed E-state index contributed by atoms with van der Waals surface area (Å²) < 4.78 is 0. The van der Waals surface area contributed by atoms with Crippen molar-refractivity contribution in [1.82, 2.24) is 15.2 Å². The fraction of sp³-hybridized carbons (Fsp3) is 0.750. The van der Waals surface area contributed by atoms with Crippen LogP contribution in [0.15, 0.2) is 0 Å². The van der Waals surface area contributed by atoms with E-state index in [0.717, 1.165) is 19.0 Å². The standard InChI is InChI=1S/C8H15N5/c1-8(2)3-4-13(5-8)7-10-6(9)11-12-7/h3-5H2,1-2H3,(H3,9,10,11,12). The molecule has 0 bridgehead atoms. The van der Waals surface area contributed by atoms with E-state index >= 15 is 0 Å². The Labute approximate surface area is 77.3 Å². The van der Waals surface area contributed by atoms with Gasteiger partial charge in [-0.3, -0.25) is 0 Å². The number of H-pyrrole nitrogens is 1. The van der Waals surface area contributed by atoms with Gasteiger partial charge in [0.1, 0.15) is 0 Å². The van der Waals surface area contributed by atoms with Gasteiger partial charge in [-0.25, -0.2) is 5.10 Å². The first-order valence-electron chi connectivity index (χ1n) is 4.50. The van der Waals surface area contributed by atoms with Gasteiger partial charge in [-0.15, -0.1) is 5.10 Å². The number of anilines is 2. The predicted octanol–water partition coefficient (Wildman–Crippen LogP) is 0.623. The van der Waals surface area contributed by atoms with Crippen molar-refractivity contribution >= 4 is 11.9 Å². The number of rotatable bonds is 1. The first-order valence-corrected chi connectivity index (χ1v) is 4.50. The number of hydrogen-bond acceptors (Lipinski definition) is 4. The van der Waals surface area contributed by atoms with Gasteiger partial charge in [0.2, 0.25) is 11.9 Å². The van der Waals surface area contributed by atoms with Gasteiger partial charge < -0.3 is 10.6 Å². The van der Waals surface area contributed by atoms with E-state index in [1.807, 2.05) is 0 Å². The Kier molecular flexibility index (Phi) is 1.68. The van der Waals surface area contributed by atoms with Crippen molar-refractivity contribution in [3.05, 3.63) is 0 Å². The summed E-state index contributed by atoms with van der Waals surface area (Å²) in [6.07, 6.45) is 1.18. The zero-order valence-electron chi connectivity index (χ0n) is 8.04. The van der Waals surface area contributed by atoms with Crippen LogP contribution in [0.25, 0.3) is 0 Å². The van der Waals surface area contributed by atoms with Crippen LogP contribution in [0.4, 0.5) is 11.9 Å². The Morgan fingerprint density at radius 3 is 2.77 bits per heavy atom. The predicted molar refractivity (Wildman–Crippen MR) is 51.4 cm³/mol. The molecule has 72 valence electrons. The molecule has 1 aromatic heterocycles. The second-order valence-corrected chi connectivity index (χ2v) is 4.36. The third-order valence-electron chi connectivity index (χ3n) is 2.45. The number of nitrogens with zero attached hydrogens (tertiary/aromatic N) is 3. The van der Waals surface area contributed by atoms with E-state index in [0.29, 0.717) is 11.4 Å². The first-order chi connectivity index (χ1) is 6.07. The molecule has 0 amide bonds. The maximum absolute atomic E-state index is 5.46. The van der Waals surface area contributed by atoms with E-state index in [-0.39, 0.29) is 0 Å². The van der Waals surface area contributed by atoms with Crippen molar-refractivity contribution in [2.45, 2.75) is 20.3 Å². The minimum atomic E-state index is 0.370. The normalized spacial score (nSPS) is 20.9. The molecule has 5 nitrogen and oxygen atoms in total. The Hall–Kier alpha value is -1.26. The maximum atomic E-state index is 5.46. The lowest BCUT2D eigenvalue weighted by atomic mass is 9.93. The summed E-state index contributed by atoms with van der Waals surface area (Å²) in [6.45, 7) is 6.53. The highest BCUT2D eigenvalue weighted by Gasteiger charge is 2.30. The van der Waals surface area contributed by atoms with Gasteiger partial charge in [0.15, 0.2) is 0 Å². The summed E-state index contributed by atoms with van der Waals surface area (Å²) in [5, 5.41) is 6.68. The number of nitrogen functional groups attached to an aromatic ring is 1. The quantitative estimate of drug-likeness (QED) is 0.666. The zero-order valence-corrected chi connectivity index (χ0v) is 8.04.